The molecule has 5 nitrogen and oxygen atoms in total. The van der Waals surface area contributed by atoms with E-state index in [1.807, 2.05) is 6.07 Å². The van der Waals surface area contributed by atoms with Crippen molar-refractivity contribution >= 4 is 11.9 Å². The molecule has 3 amide bonds. The summed E-state index contributed by atoms with van der Waals surface area (Å²) in [5, 5.41) is 5.10. The third-order valence-corrected chi connectivity index (χ3v) is 3.34. The monoisotopic (exact) mass is 315 g/mol. The van der Waals surface area contributed by atoms with Crippen LogP contribution in [0.4, 0.5) is 9.18 Å². The number of primary amides is 1. The summed E-state index contributed by atoms with van der Waals surface area (Å²) < 4.78 is 13.6. The maximum absolute atomic E-state index is 13.6. The average Bonchev–Trinajstić information content (AvgIpc) is 2.53. The van der Waals surface area contributed by atoms with Crippen LogP contribution in [0.15, 0.2) is 54.6 Å². The van der Waals surface area contributed by atoms with Crippen molar-refractivity contribution < 1.29 is 14.0 Å². The van der Waals surface area contributed by atoms with E-state index in [0.29, 0.717) is 24.1 Å². The summed E-state index contributed by atoms with van der Waals surface area (Å²) in [6.07, 6.45) is 0.417. The van der Waals surface area contributed by atoms with E-state index in [0.717, 1.165) is 0 Å². The van der Waals surface area contributed by atoms with Gasteiger partial charge < -0.3 is 11.1 Å². The van der Waals surface area contributed by atoms with Crippen molar-refractivity contribution in [1.82, 2.24) is 10.6 Å². The van der Waals surface area contributed by atoms with E-state index in [1.54, 1.807) is 42.5 Å². The number of hydrogen-bond donors (Lipinski definition) is 3. The molecule has 0 radical (unpaired) electrons. The molecular weight excluding hydrogens is 297 g/mol. The predicted molar refractivity (Wildman–Crippen MR) is 85.0 cm³/mol. The van der Waals surface area contributed by atoms with Crippen molar-refractivity contribution in [3.8, 4) is 0 Å². The van der Waals surface area contributed by atoms with Gasteiger partial charge in [-0.15, -0.1) is 0 Å². The first-order valence-electron chi connectivity index (χ1n) is 7.20. The number of rotatable bonds is 6. The van der Waals surface area contributed by atoms with Crippen LogP contribution in [0.1, 0.15) is 17.2 Å². The number of imide groups is 1. The van der Waals surface area contributed by atoms with Crippen LogP contribution in [0.3, 0.4) is 0 Å². The van der Waals surface area contributed by atoms with E-state index in [9.17, 15) is 14.0 Å². The van der Waals surface area contributed by atoms with Gasteiger partial charge in [0, 0.05) is 6.54 Å². The number of carbonyl (C=O) groups is 2. The molecule has 0 saturated heterocycles. The van der Waals surface area contributed by atoms with Gasteiger partial charge in [0.2, 0.25) is 5.91 Å². The molecule has 2 aromatic carbocycles. The molecule has 2 rings (SSSR count). The van der Waals surface area contributed by atoms with Crippen molar-refractivity contribution in [2.75, 3.05) is 6.54 Å². The van der Waals surface area contributed by atoms with Crippen LogP contribution < -0.4 is 16.4 Å². The minimum Gasteiger partial charge on any atom is -0.351 e. The second kappa shape index (κ2) is 8.05. The normalized spacial score (nSPS) is 11.7. The summed E-state index contributed by atoms with van der Waals surface area (Å²) in [6, 6.07) is 13.8. The van der Waals surface area contributed by atoms with Crippen LogP contribution in [0.25, 0.3) is 0 Å². The van der Waals surface area contributed by atoms with Gasteiger partial charge in [-0.05, 0) is 23.6 Å². The number of amides is 3. The number of nitrogens with one attached hydrogen (secondary N) is 2. The van der Waals surface area contributed by atoms with Crippen molar-refractivity contribution in [2.24, 2.45) is 5.73 Å². The quantitative estimate of drug-likeness (QED) is 0.761. The van der Waals surface area contributed by atoms with E-state index in [1.165, 1.54) is 6.07 Å². The summed E-state index contributed by atoms with van der Waals surface area (Å²) in [5.41, 5.74) is 6.25. The van der Waals surface area contributed by atoms with E-state index in [2.05, 4.69) is 10.6 Å². The van der Waals surface area contributed by atoms with Crippen molar-refractivity contribution in [1.29, 1.82) is 0 Å². The lowest BCUT2D eigenvalue weighted by atomic mass is 10.1. The SMILES string of the molecule is NC(=O)NC(=O)[C@@H](NCCc1ccccc1F)c1ccccc1. The first-order valence-corrected chi connectivity index (χ1v) is 7.20. The second-order valence-corrected chi connectivity index (χ2v) is 4.99. The van der Waals surface area contributed by atoms with Crippen LogP contribution in [0.2, 0.25) is 0 Å². The second-order valence-electron chi connectivity index (χ2n) is 4.99. The molecule has 1 atom stereocenters. The number of hydrogen-bond acceptors (Lipinski definition) is 3. The molecule has 0 aromatic heterocycles. The summed E-state index contributed by atoms with van der Waals surface area (Å²) in [5.74, 6) is -0.829. The standard InChI is InChI=1S/C17H18FN3O2/c18-14-9-5-4-6-12(14)10-11-20-15(16(22)21-17(19)23)13-7-2-1-3-8-13/h1-9,15,20H,10-11H2,(H3,19,21,22,23)/t15-/m0/s1. The Bertz CT molecular complexity index is 677. The molecule has 4 N–H and O–H groups in total. The zero-order chi connectivity index (χ0) is 16.7. The van der Waals surface area contributed by atoms with Gasteiger partial charge in [0.1, 0.15) is 11.9 Å². The number of urea groups is 1. The highest BCUT2D eigenvalue weighted by molar-refractivity contribution is 5.96. The van der Waals surface area contributed by atoms with Gasteiger partial charge >= 0.3 is 6.03 Å². The molecule has 0 saturated carbocycles. The molecule has 120 valence electrons. The summed E-state index contributed by atoms with van der Waals surface area (Å²) in [7, 11) is 0. The molecule has 0 heterocycles. The van der Waals surface area contributed by atoms with Crippen LogP contribution >= 0.6 is 0 Å². The highest BCUT2D eigenvalue weighted by Crippen LogP contribution is 2.13. The molecule has 0 spiro atoms. The first-order chi connectivity index (χ1) is 11.1. The van der Waals surface area contributed by atoms with E-state index >= 15 is 0 Å². The van der Waals surface area contributed by atoms with Gasteiger partial charge in [-0.3, -0.25) is 10.1 Å². The van der Waals surface area contributed by atoms with Gasteiger partial charge in [-0.1, -0.05) is 48.5 Å². The maximum atomic E-state index is 13.6. The van der Waals surface area contributed by atoms with Crippen molar-refractivity contribution in [2.45, 2.75) is 12.5 Å². The fraction of sp³-hybridized carbons (Fsp3) is 0.176. The third-order valence-electron chi connectivity index (χ3n) is 3.34. The highest BCUT2D eigenvalue weighted by atomic mass is 19.1. The Kier molecular flexibility index (Phi) is 5.82. The zero-order valence-corrected chi connectivity index (χ0v) is 12.5. The molecule has 2 aromatic rings. The number of benzene rings is 2. The Balaban J connectivity index is 2.04. The van der Waals surface area contributed by atoms with E-state index in [-0.39, 0.29) is 5.82 Å². The van der Waals surface area contributed by atoms with Gasteiger partial charge in [-0.25, -0.2) is 9.18 Å². The van der Waals surface area contributed by atoms with E-state index in [4.69, 9.17) is 5.73 Å². The van der Waals surface area contributed by atoms with Crippen LogP contribution in [0, 0.1) is 5.82 Å². The molecule has 6 heteroatoms. The predicted octanol–water partition coefficient (Wildman–Crippen LogP) is 1.89. The smallest absolute Gasteiger partial charge is 0.318 e. The van der Waals surface area contributed by atoms with Crippen LogP contribution in [-0.4, -0.2) is 18.5 Å². The molecule has 0 aliphatic carbocycles. The Morgan fingerprint density at radius 2 is 1.70 bits per heavy atom. The Morgan fingerprint density at radius 1 is 1.04 bits per heavy atom. The van der Waals surface area contributed by atoms with Crippen LogP contribution in [0.5, 0.6) is 0 Å². The number of nitrogens with two attached hydrogens (primary N) is 1. The van der Waals surface area contributed by atoms with Gasteiger partial charge in [-0.2, -0.15) is 0 Å². The lowest BCUT2D eigenvalue weighted by Gasteiger charge is -2.18. The highest BCUT2D eigenvalue weighted by Gasteiger charge is 2.20. The topological polar surface area (TPSA) is 84.2 Å². The summed E-state index contributed by atoms with van der Waals surface area (Å²) in [6.45, 7) is 0.368. The van der Waals surface area contributed by atoms with Gasteiger partial charge in [0.05, 0.1) is 0 Å². The Hall–Kier alpha value is -2.73. The van der Waals surface area contributed by atoms with E-state index < -0.39 is 18.0 Å². The minimum absolute atomic E-state index is 0.285. The lowest BCUT2D eigenvalue weighted by molar-refractivity contribution is -0.122. The average molecular weight is 315 g/mol. The summed E-state index contributed by atoms with van der Waals surface area (Å²) in [4.78, 5) is 23.0. The van der Waals surface area contributed by atoms with Crippen molar-refractivity contribution in [3.63, 3.8) is 0 Å². The molecule has 0 bridgehead atoms. The Morgan fingerprint density at radius 3 is 2.35 bits per heavy atom. The number of carbonyl (C=O) groups excluding carboxylic acids is 2. The fourth-order valence-corrected chi connectivity index (χ4v) is 2.25. The number of halogens is 1. The maximum Gasteiger partial charge on any atom is 0.318 e. The molecule has 0 fully saturated rings. The molecule has 0 aliphatic heterocycles. The summed E-state index contributed by atoms with van der Waals surface area (Å²) >= 11 is 0. The van der Waals surface area contributed by atoms with Crippen LogP contribution in [-0.2, 0) is 11.2 Å². The first kappa shape index (κ1) is 16.6. The fourth-order valence-electron chi connectivity index (χ4n) is 2.25. The minimum atomic E-state index is -0.910. The third kappa shape index (κ3) is 4.89. The molecule has 0 unspecified atom stereocenters. The largest absolute Gasteiger partial charge is 0.351 e. The molecule has 23 heavy (non-hydrogen) atoms. The Labute approximate surface area is 133 Å². The lowest BCUT2D eigenvalue weighted by Crippen LogP contribution is -2.43. The zero-order valence-electron chi connectivity index (χ0n) is 12.5. The van der Waals surface area contributed by atoms with Gasteiger partial charge in [0.25, 0.3) is 0 Å². The van der Waals surface area contributed by atoms with Crippen molar-refractivity contribution in [3.05, 3.63) is 71.5 Å². The van der Waals surface area contributed by atoms with Gasteiger partial charge in [0.15, 0.2) is 0 Å². The molecular formula is C17H18FN3O2. The molecule has 0 aliphatic rings.